The minimum atomic E-state index is -0.00315. The average molecular weight is 226 g/mol. The first kappa shape index (κ1) is 11.9. The maximum absolute atomic E-state index is 12.2. The maximum Gasteiger partial charge on any atom is 0.241 e. The number of nitrogens with one attached hydrogen (secondary N) is 1. The predicted octanol–water partition coefficient (Wildman–Crippen LogP) is 0.966. The van der Waals surface area contributed by atoms with Gasteiger partial charge in [-0.15, -0.1) is 0 Å². The van der Waals surface area contributed by atoms with E-state index in [9.17, 15) is 4.79 Å². The van der Waals surface area contributed by atoms with Crippen LogP contribution in [0.2, 0.25) is 0 Å². The van der Waals surface area contributed by atoms with E-state index in [0.717, 1.165) is 12.8 Å². The van der Waals surface area contributed by atoms with E-state index in [2.05, 4.69) is 26.1 Å². The zero-order valence-corrected chi connectivity index (χ0v) is 10.6. The molecule has 0 bridgehead atoms. The van der Waals surface area contributed by atoms with Crippen molar-refractivity contribution in [1.29, 1.82) is 0 Å². The number of hydrogen-bond donors (Lipinski definition) is 1. The minimum absolute atomic E-state index is 0.00315. The largest absolute Gasteiger partial charge is 0.381 e. The second kappa shape index (κ2) is 4.34. The highest BCUT2D eigenvalue weighted by Crippen LogP contribution is 2.32. The van der Waals surface area contributed by atoms with Crippen LogP contribution in [0, 0.1) is 5.92 Å². The summed E-state index contributed by atoms with van der Waals surface area (Å²) >= 11 is 0. The van der Waals surface area contributed by atoms with Gasteiger partial charge in [0.25, 0.3) is 0 Å². The van der Waals surface area contributed by atoms with Crippen molar-refractivity contribution in [2.75, 3.05) is 7.11 Å². The summed E-state index contributed by atoms with van der Waals surface area (Å²) in [4.78, 5) is 14.2. The molecule has 0 aromatic carbocycles. The SMILES string of the molecule is COC1CC(N2C(=O)C(C(C)C)NC2C)C1. The fourth-order valence-corrected chi connectivity index (χ4v) is 2.69. The van der Waals surface area contributed by atoms with Crippen LogP contribution >= 0.6 is 0 Å². The average Bonchev–Trinajstić information content (AvgIpc) is 2.43. The molecule has 1 aliphatic heterocycles. The summed E-state index contributed by atoms with van der Waals surface area (Å²) in [5.41, 5.74) is 0. The molecule has 4 heteroatoms. The van der Waals surface area contributed by atoms with Crippen LogP contribution in [0.1, 0.15) is 33.6 Å². The molecule has 2 fully saturated rings. The summed E-state index contributed by atoms with van der Waals surface area (Å²) in [6.45, 7) is 6.25. The monoisotopic (exact) mass is 226 g/mol. The number of rotatable bonds is 3. The Balaban J connectivity index is 1.98. The van der Waals surface area contributed by atoms with Crippen LogP contribution in [0.4, 0.5) is 0 Å². The van der Waals surface area contributed by atoms with Gasteiger partial charge in [0.1, 0.15) is 0 Å². The van der Waals surface area contributed by atoms with Crippen molar-refractivity contribution in [2.24, 2.45) is 5.92 Å². The van der Waals surface area contributed by atoms with Gasteiger partial charge in [0.05, 0.1) is 18.3 Å². The Labute approximate surface area is 97.3 Å². The number of hydrogen-bond acceptors (Lipinski definition) is 3. The highest BCUT2D eigenvalue weighted by atomic mass is 16.5. The number of carbonyl (C=O) groups excluding carboxylic acids is 1. The third-order valence-corrected chi connectivity index (χ3v) is 3.82. The molecule has 1 aliphatic carbocycles. The molecule has 2 rings (SSSR count). The van der Waals surface area contributed by atoms with Gasteiger partial charge in [-0.2, -0.15) is 0 Å². The summed E-state index contributed by atoms with van der Waals surface area (Å²) in [6, 6.07) is 0.375. The molecule has 2 unspecified atom stereocenters. The summed E-state index contributed by atoms with van der Waals surface area (Å²) in [7, 11) is 1.74. The lowest BCUT2D eigenvalue weighted by Crippen LogP contribution is -2.52. The van der Waals surface area contributed by atoms with Crippen LogP contribution < -0.4 is 5.32 Å². The molecule has 1 saturated heterocycles. The first-order chi connectivity index (χ1) is 7.54. The Bertz CT molecular complexity index is 274. The lowest BCUT2D eigenvalue weighted by Gasteiger charge is -2.42. The van der Waals surface area contributed by atoms with Gasteiger partial charge in [0.15, 0.2) is 0 Å². The van der Waals surface area contributed by atoms with Crippen LogP contribution in [0.25, 0.3) is 0 Å². The molecule has 1 N–H and O–H groups in total. The second-order valence-electron chi connectivity index (χ2n) is 5.29. The fraction of sp³-hybridized carbons (Fsp3) is 0.917. The van der Waals surface area contributed by atoms with Gasteiger partial charge in [0, 0.05) is 13.2 Å². The number of methoxy groups -OCH3 is 1. The molecule has 0 radical (unpaired) electrons. The zero-order chi connectivity index (χ0) is 11.9. The Morgan fingerprint density at radius 1 is 1.44 bits per heavy atom. The normalized spacial score (nSPS) is 39.3. The lowest BCUT2D eigenvalue weighted by atomic mass is 9.87. The molecule has 0 aromatic rings. The van der Waals surface area contributed by atoms with Gasteiger partial charge in [-0.25, -0.2) is 0 Å². The van der Waals surface area contributed by atoms with E-state index < -0.39 is 0 Å². The molecule has 1 saturated carbocycles. The van der Waals surface area contributed by atoms with Crippen molar-refractivity contribution in [2.45, 2.75) is 58.0 Å². The topological polar surface area (TPSA) is 41.6 Å². The van der Waals surface area contributed by atoms with Gasteiger partial charge in [-0.1, -0.05) is 13.8 Å². The molecule has 4 nitrogen and oxygen atoms in total. The van der Waals surface area contributed by atoms with Crippen molar-refractivity contribution < 1.29 is 9.53 Å². The Morgan fingerprint density at radius 3 is 2.50 bits per heavy atom. The van der Waals surface area contributed by atoms with Gasteiger partial charge in [-0.05, 0) is 25.7 Å². The first-order valence-electron chi connectivity index (χ1n) is 6.15. The Morgan fingerprint density at radius 2 is 2.06 bits per heavy atom. The molecular weight excluding hydrogens is 204 g/mol. The molecule has 16 heavy (non-hydrogen) atoms. The quantitative estimate of drug-likeness (QED) is 0.779. The first-order valence-corrected chi connectivity index (χ1v) is 6.15. The summed E-state index contributed by atoms with van der Waals surface area (Å²) in [5.74, 6) is 0.625. The highest BCUT2D eigenvalue weighted by molar-refractivity contribution is 5.85. The summed E-state index contributed by atoms with van der Waals surface area (Å²) in [6.07, 6.45) is 2.49. The molecule has 1 heterocycles. The van der Waals surface area contributed by atoms with Crippen molar-refractivity contribution in [1.82, 2.24) is 10.2 Å². The van der Waals surface area contributed by atoms with E-state index in [1.54, 1.807) is 7.11 Å². The third kappa shape index (κ3) is 1.84. The molecular formula is C12H22N2O2. The number of ether oxygens (including phenoxy) is 1. The van der Waals surface area contributed by atoms with E-state index >= 15 is 0 Å². The molecule has 0 aromatic heterocycles. The predicted molar refractivity (Wildman–Crippen MR) is 61.9 cm³/mol. The van der Waals surface area contributed by atoms with E-state index in [4.69, 9.17) is 4.74 Å². The van der Waals surface area contributed by atoms with E-state index in [1.807, 2.05) is 4.90 Å². The standard InChI is InChI=1S/C12H22N2O2/c1-7(2)11-12(15)14(8(3)13-11)9-5-10(6-9)16-4/h7-11,13H,5-6H2,1-4H3. The summed E-state index contributed by atoms with van der Waals surface area (Å²) in [5, 5.41) is 3.37. The number of nitrogens with zero attached hydrogens (tertiary/aromatic N) is 1. The Hall–Kier alpha value is -0.610. The highest BCUT2D eigenvalue weighted by Gasteiger charge is 2.45. The second-order valence-corrected chi connectivity index (χ2v) is 5.29. The zero-order valence-electron chi connectivity index (χ0n) is 10.6. The van der Waals surface area contributed by atoms with Crippen LogP contribution in [0.3, 0.4) is 0 Å². The maximum atomic E-state index is 12.2. The van der Waals surface area contributed by atoms with Gasteiger partial charge in [0.2, 0.25) is 5.91 Å². The van der Waals surface area contributed by atoms with Crippen LogP contribution in [0.15, 0.2) is 0 Å². The molecule has 1 amide bonds. The molecule has 2 atom stereocenters. The summed E-state index contributed by atoms with van der Waals surface area (Å²) < 4.78 is 5.26. The van der Waals surface area contributed by atoms with Gasteiger partial charge < -0.3 is 9.64 Å². The minimum Gasteiger partial charge on any atom is -0.381 e. The number of amides is 1. The van der Waals surface area contributed by atoms with Crippen molar-refractivity contribution in [3.05, 3.63) is 0 Å². The smallest absolute Gasteiger partial charge is 0.241 e. The Kier molecular flexibility index (Phi) is 3.22. The van der Waals surface area contributed by atoms with Gasteiger partial charge >= 0.3 is 0 Å². The number of carbonyl (C=O) groups is 1. The molecule has 2 aliphatic rings. The van der Waals surface area contributed by atoms with Gasteiger partial charge in [-0.3, -0.25) is 10.1 Å². The van der Waals surface area contributed by atoms with E-state index in [-0.39, 0.29) is 18.1 Å². The van der Waals surface area contributed by atoms with Crippen molar-refractivity contribution in [3.63, 3.8) is 0 Å². The van der Waals surface area contributed by atoms with E-state index in [1.165, 1.54) is 0 Å². The van der Waals surface area contributed by atoms with Crippen LogP contribution in [0.5, 0.6) is 0 Å². The van der Waals surface area contributed by atoms with Crippen molar-refractivity contribution >= 4 is 5.91 Å². The van der Waals surface area contributed by atoms with Crippen LogP contribution in [-0.2, 0) is 9.53 Å². The molecule has 92 valence electrons. The third-order valence-electron chi connectivity index (χ3n) is 3.82. The van der Waals surface area contributed by atoms with E-state index in [0.29, 0.717) is 18.1 Å². The lowest BCUT2D eigenvalue weighted by molar-refractivity contribution is -0.137. The van der Waals surface area contributed by atoms with Crippen LogP contribution in [-0.4, -0.2) is 42.3 Å². The fourth-order valence-electron chi connectivity index (χ4n) is 2.69. The van der Waals surface area contributed by atoms with Crippen molar-refractivity contribution in [3.8, 4) is 0 Å². The molecule has 0 spiro atoms.